The normalized spacial score (nSPS) is 11.2. The Labute approximate surface area is 195 Å². The van der Waals surface area contributed by atoms with Crippen molar-refractivity contribution in [3.8, 4) is 22.5 Å². The SMILES string of the molecule is Cc1cc2c(cn1)cc(-c1cc(Nc3cc(-c4ccc(Cl)cn4)[nH]n3)ccc1C)c(=O)n2C. The van der Waals surface area contributed by atoms with Gasteiger partial charge in [0.15, 0.2) is 5.82 Å². The smallest absolute Gasteiger partial charge is 0.258 e. The molecule has 33 heavy (non-hydrogen) atoms. The minimum absolute atomic E-state index is 0.0516. The van der Waals surface area contributed by atoms with Gasteiger partial charge in [-0.3, -0.25) is 19.9 Å². The Morgan fingerprint density at radius 3 is 2.61 bits per heavy atom. The summed E-state index contributed by atoms with van der Waals surface area (Å²) in [6.07, 6.45) is 3.40. The van der Waals surface area contributed by atoms with Gasteiger partial charge in [-0.05, 0) is 61.4 Å². The highest BCUT2D eigenvalue weighted by Gasteiger charge is 2.13. The van der Waals surface area contributed by atoms with Gasteiger partial charge in [0.05, 0.1) is 21.9 Å². The minimum Gasteiger partial charge on any atom is -0.339 e. The van der Waals surface area contributed by atoms with E-state index in [2.05, 4.69) is 25.5 Å². The zero-order valence-corrected chi connectivity index (χ0v) is 19.1. The van der Waals surface area contributed by atoms with Crippen LogP contribution in [0, 0.1) is 13.8 Å². The molecule has 7 nitrogen and oxygen atoms in total. The van der Waals surface area contributed by atoms with Crippen molar-refractivity contribution in [2.75, 3.05) is 5.32 Å². The zero-order chi connectivity index (χ0) is 23.1. The zero-order valence-electron chi connectivity index (χ0n) is 18.3. The van der Waals surface area contributed by atoms with E-state index in [1.165, 1.54) is 0 Å². The molecule has 2 N–H and O–H groups in total. The predicted octanol–water partition coefficient (Wildman–Crippen LogP) is 5.40. The van der Waals surface area contributed by atoms with E-state index in [0.29, 0.717) is 16.4 Å². The van der Waals surface area contributed by atoms with Crippen LogP contribution in [-0.2, 0) is 7.05 Å². The molecule has 0 aliphatic carbocycles. The summed E-state index contributed by atoms with van der Waals surface area (Å²) in [5.41, 5.74) is 6.52. The highest BCUT2D eigenvalue weighted by Crippen LogP contribution is 2.29. The number of anilines is 2. The monoisotopic (exact) mass is 456 g/mol. The van der Waals surface area contributed by atoms with Crippen LogP contribution in [0.1, 0.15) is 11.3 Å². The molecular formula is C25H21ClN6O. The topological polar surface area (TPSA) is 88.5 Å². The molecule has 4 heterocycles. The summed E-state index contributed by atoms with van der Waals surface area (Å²) in [6.45, 7) is 3.91. The molecule has 5 rings (SSSR count). The number of fused-ring (bicyclic) bond motifs is 1. The molecular weight excluding hydrogens is 436 g/mol. The minimum atomic E-state index is -0.0516. The lowest BCUT2D eigenvalue weighted by molar-refractivity contribution is 0.905. The standard InChI is InChI=1S/C25H21ClN6O/c1-14-4-6-18(29-24-11-22(30-31-24)21-7-5-17(26)13-28-21)10-19(14)20-9-16-12-27-15(2)8-23(16)32(3)25(20)33/h4-13H,1-3H3,(H2,29,30,31). The number of H-pyrrole nitrogens is 1. The molecule has 0 saturated carbocycles. The summed E-state index contributed by atoms with van der Waals surface area (Å²) in [5, 5.41) is 12.1. The highest BCUT2D eigenvalue weighted by atomic mass is 35.5. The van der Waals surface area contributed by atoms with E-state index in [4.69, 9.17) is 11.6 Å². The Morgan fingerprint density at radius 1 is 0.970 bits per heavy atom. The summed E-state index contributed by atoms with van der Waals surface area (Å²) in [6, 6.07) is 15.2. The van der Waals surface area contributed by atoms with Crippen molar-refractivity contribution < 1.29 is 0 Å². The molecule has 0 aliphatic heterocycles. The Balaban J connectivity index is 1.51. The van der Waals surface area contributed by atoms with Crippen LogP contribution in [-0.4, -0.2) is 24.7 Å². The number of halogens is 1. The number of hydrogen-bond acceptors (Lipinski definition) is 5. The van der Waals surface area contributed by atoms with E-state index in [1.807, 2.05) is 56.3 Å². The van der Waals surface area contributed by atoms with Crippen molar-refractivity contribution in [3.63, 3.8) is 0 Å². The van der Waals surface area contributed by atoms with Crippen molar-refractivity contribution in [1.29, 1.82) is 0 Å². The first-order chi connectivity index (χ1) is 15.9. The average molecular weight is 457 g/mol. The number of aromatic amines is 1. The molecule has 0 spiro atoms. The number of nitrogens with zero attached hydrogens (tertiary/aromatic N) is 4. The fourth-order valence-corrected chi connectivity index (χ4v) is 3.96. The van der Waals surface area contributed by atoms with Gasteiger partial charge in [0, 0.05) is 47.8 Å². The second-order valence-electron chi connectivity index (χ2n) is 7.99. The maximum Gasteiger partial charge on any atom is 0.258 e. The first-order valence-corrected chi connectivity index (χ1v) is 10.8. The molecule has 164 valence electrons. The molecule has 1 aromatic carbocycles. The Hall–Kier alpha value is -3.97. The van der Waals surface area contributed by atoms with Gasteiger partial charge < -0.3 is 9.88 Å². The fourth-order valence-electron chi connectivity index (χ4n) is 3.85. The van der Waals surface area contributed by atoms with Gasteiger partial charge in [0.1, 0.15) is 0 Å². The number of aromatic nitrogens is 5. The second kappa shape index (κ2) is 8.18. The van der Waals surface area contributed by atoms with Crippen molar-refractivity contribution in [2.45, 2.75) is 13.8 Å². The maximum atomic E-state index is 13.2. The van der Waals surface area contributed by atoms with E-state index >= 15 is 0 Å². The molecule has 0 radical (unpaired) electrons. The van der Waals surface area contributed by atoms with Crippen LogP contribution >= 0.6 is 11.6 Å². The lowest BCUT2D eigenvalue weighted by Crippen LogP contribution is -2.19. The molecule has 0 atom stereocenters. The number of hydrogen-bond donors (Lipinski definition) is 2. The molecule has 0 amide bonds. The van der Waals surface area contributed by atoms with Crippen LogP contribution in [0.4, 0.5) is 11.5 Å². The van der Waals surface area contributed by atoms with Crippen molar-refractivity contribution >= 4 is 34.0 Å². The summed E-state index contributed by atoms with van der Waals surface area (Å²) >= 11 is 5.92. The quantitative estimate of drug-likeness (QED) is 0.378. The van der Waals surface area contributed by atoms with Crippen molar-refractivity contribution in [2.24, 2.45) is 7.05 Å². The summed E-state index contributed by atoms with van der Waals surface area (Å²) < 4.78 is 1.68. The molecule has 4 aromatic heterocycles. The number of aryl methyl sites for hydroxylation is 3. The Morgan fingerprint density at radius 2 is 1.82 bits per heavy atom. The predicted molar refractivity (Wildman–Crippen MR) is 132 cm³/mol. The lowest BCUT2D eigenvalue weighted by Gasteiger charge is -2.13. The van der Waals surface area contributed by atoms with Gasteiger partial charge in [-0.2, -0.15) is 5.10 Å². The molecule has 0 aliphatic rings. The third-order valence-corrected chi connectivity index (χ3v) is 5.85. The van der Waals surface area contributed by atoms with E-state index in [-0.39, 0.29) is 5.56 Å². The lowest BCUT2D eigenvalue weighted by atomic mass is 9.99. The molecule has 0 fully saturated rings. The number of rotatable bonds is 4. The van der Waals surface area contributed by atoms with Gasteiger partial charge in [0.25, 0.3) is 5.56 Å². The van der Waals surface area contributed by atoms with Gasteiger partial charge >= 0.3 is 0 Å². The van der Waals surface area contributed by atoms with Crippen LogP contribution in [0.25, 0.3) is 33.4 Å². The van der Waals surface area contributed by atoms with Gasteiger partial charge in [0.2, 0.25) is 0 Å². The summed E-state index contributed by atoms with van der Waals surface area (Å²) in [7, 11) is 1.79. The van der Waals surface area contributed by atoms with Crippen molar-refractivity contribution in [1.82, 2.24) is 24.7 Å². The van der Waals surface area contributed by atoms with E-state index in [9.17, 15) is 4.79 Å². The highest BCUT2D eigenvalue weighted by molar-refractivity contribution is 6.30. The average Bonchev–Trinajstić information content (AvgIpc) is 3.27. The van der Waals surface area contributed by atoms with E-state index in [0.717, 1.165) is 44.8 Å². The second-order valence-corrected chi connectivity index (χ2v) is 8.43. The maximum absolute atomic E-state index is 13.2. The molecule has 8 heteroatoms. The Bertz CT molecular complexity index is 1550. The number of benzene rings is 1. The fraction of sp³-hybridized carbons (Fsp3) is 0.120. The first kappa shape index (κ1) is 20.9. The van der Waals surface area contributed by atoms with Gasteiger partial charge in [-0.15, -0.1) is 0 Å². The van der Waals surface area contributed by atoms with Crippen LogP contribution < -0.4 is 10.9 Å². The van der Waals surface area contributed by atoms with Crippen LogP contribution in [0.3, 0.4) is 0 Å². The van der Waals surface area contributed by atoms with E-state index in [1.54, 1.807) is 30.1 Å². The van der Waals surface area contributed by atoms with Gasteiger partial charge in [-0.1, -0.05) is 17.7 Å². The van der Waals surface area contributed by atoms with E-state index < -0.39 is 0 Å². The number of nitrogens with one attached hydrogen (secondary N) is 2. The third-order valence-electron chi connectivity index (χ3n) is 5.63. The van der Waals surface area contributed by atoms with Crippen molar-refractivity contribution in [3.05, 3.63) is 87.6 Å². The largest absolute Gasteiger partial charge is 0.339 e. The summed E-state index contributed by atoms with van der Waals surface area (Å²) in [5.74, 6) is 0.641. The molecule has 0 unspecified atom stereocenters. The molecule has 5 aromatic rings. The first-order valence-electron chi connectivity index (χ1n) is 10.4. The van der Waals surface area contributed by atoms with Crippen LogP contribution in [0.2, 0.25) is 5.02 Å². The third kappa shape index (κ3) is 3.99. The van der Waals surface area contributed by atoms with Gasteiger partial charge in [-0.25, -0.2) is 0 Å². The molecule has 0 bridgehead atoms. The van der Waals surface area contributed by atoms with Crippen LogP contribution in [0.5, 0.6) is 0 Å². The molecule has 0 saturated heterocycles. The van der Waals surface area contributed by atoms with Crippen LogP contribution in [0.15, 0.2) is 65.7 Å². The number of pyridine rings is 3. The summed E-state index contributed by atoms with van der Waals surface area (Å²) in [4.78, 5) is 21.9. The Kier molecular flexibility index (Phi) is 5.18.